The van der Waals surface area contributed by atoms with E-state index in [1.54, 1.807) is 47.4 Å². The van der Waals surface area contributed by atoms with Crippen LogP contribution in [0.25, 0.3) is 21.3 Å². The van der Waals surface area contributed by atoms with Crippen LogP contribution < -0.4 is 0 Å². The molecule has 1 N–H and O–H groups in total. The molecule has 6 aromatic rings. The highest BCUT2D eigenvalue weighted by atomic mass is 32.2. The van der Waals surface area contributed by atoms with Gasteiger partial charge in [0, 0.05) is 17.7 Å². The van der Waals surface area contributed by atoms with Crippen LogP contribution in [0.3, 0.4) is 0 Å². The van der Waals surface area contributed by atoms with Crippen molar-refractivity contribution < 1.29 is 24.2 Å². The van der Waals surface area contributed by atoms with Gasteiger partial charge in [-0.3, -0.25) is 14.5 Å². The molecule has 0 saturated carbocycles. The van der Waals surface area contributed by atoms with Gasteiger partial charge in [0.05, 0.1) is 46.7 Å². The second kappa shape index (κ2) is 13.7. The lowest BCUT2D eigenvalue weighted by molar-refractivity contribution is -0.245. The van der Waals surface area contributed by atoms with E-state index in [2.05, 4.69) is 6.07 Å². The molecular weight excluding hydrogens is 653 g/mol. The summed E-state index contributed by atoms with van der Waals surface area (Å²) in [5.74, 6) is 0.215. The number of thiazole rings is 1. The summed E-state index contributed by atoms with van der Waals surface area (Å²) in [6, 6.07) is 39.1. The van der Waals surface area contributed by atoms with Crippen LogP contribution in [-0.4, -0.2) is 38.7 Å². The Hall–Kier alpha value is -4.64. The molecule has 0 unspecified atom stereocenters. The number of benzene rings is 5. The Morgan fingerprint density at radius 3 is 2.20 bits per heavy atom. The van der Waals surface area contributed by atoms with Gasteiger partial charge in [-0.05, 0) is 58.1 Å². The van der Waals surface area contributed by atoms with Crippen molar-refractivity contribution in [3.8, 4) is 11.1 Å². The maximum atomic E-state index is 12.9. The average molecular weight is 685 g/mol. The molecule has 0 bridgehead atoms. The van der Waals surface area contributed by atoms with Crippen molar-refractivity contribution in [1.29, 1.82) is 0 Å². The number of nitrogens with zero attached hydrogens (tertiary/aromatic N) is 2. The number of amides is 2. The second-order valence-corrected chi connectivity index (χ2v) is 14.5. The van der Waals surface area contributed by atoms with E-state index in [-0.39, 0.29) is 37.2 Å². The van der Waals surface area contributed by atoms with E-state index >= 15 is 0 Å². The summed E-state index contributed by atoms with van der Waals surface area (Å²) in [6.45, 7) is 0.204. The Morgan fingerprint density at radius 1 is 0.755 bits per heavy atom. The highest BCUT2D eigenvalue weighted by Crippen LogP contribution is 2.41. The fraction of sp³-hybridized carbons (Fsp3) is 0.175. The van der Waals surface area contributed by atoms with Crippen molar-refractivity contribution in [2.45, 2.75) is 42.4 Å². The van der Waals surface area contributed by atoms with E-state index in [9.17, 15) is 14.7 Å². The third kappa shape index (κ3) is 6.56. The smallest absolute Gasteiger partial charge is 0.261 e. The second-order valence-electron chi connectivity index (χ2n) is 12.2. The number of hydrogen-bond donors (Lipinski definition) is 1. The van der Waals surface area contributed by atoms with E-state index in [4.69, 9.17) is 14.5 Å². The van der Waals surface area contributed by atoms with E-state index in [0.717, 1.165) is 49.0 Å². The highest BCUT2D eigenvalue weighted by Gasteiger charge is 2.35. The summed E-state index contributed by atoms with van der Waals surface area (Å²) in [4.78, 5) is 32.0. The van der Waals surface area contributed by atoms with Gasteiger partial charge in [-0.1, -0.05) is 103 Å². The maximum Gasteiger partial charge on any atom is 0.261 e. The van der Waals surface area contributed by atoms with E-state index in [0.29, 0.717) is 17.5 Å². The number of rotatable bonds is 9. The van der Waals surface area contributed by atoms with Gasteiger partial charge in [-0.2, -0.15) is 0 Å². The molecule has 8 rings (SSSR count). The Kier molecular flexibility index (Phi) is 8.84. The van der Waals surface area contributed by atoms with Crippen LogP contribution in [0.15, 0.2) is 126 Å². The number of hydrogen-bond acceptors (Lipinski definition) is 8. The number of thioether (sulfide) groups is 1. The topological polar surface area (TPSA) is 89.0 Å². The lowest BCUT2D eigenvalue weighted by Gasteiger charge is -2.36. The summed E-state index contributed by atoms with van der Waals surface area (Å²) in [5.41, 5.74) is 7.60. The lowest BCUT2D eigenvalue weighted by atomic mass is 9.99. The first-order valence-electron chi connectivity index (χ1n) is 16.2. The fourth-order valence-corrected chi connectivity index (χ4v) is 8.46. The molecule has 244 valence electrons. The Labute approximate surface area is 292 Å². The largest absolute Gasteiger partial charge is 0.392 e. The predicted octanol–water partition coefficient (Wildman–Crippen LogP) is 8.59. The number of fused-ring (bicyclic) bond motifs is 2. The first-order chi connectivity index (χ1) is 24.0. The fourth-order valence-electron chi connectivity index (χ4n) is 6.35. The minimum absolute atomic E-state index is 0.00298. The summed E-state index contributed by atoms with van der Waals surface area (Å²) in [6.07, 6.45) is -0.112. The Bertz CT molecular complexity index is 2080. The van der Waals surface area contributed by atoms with Crippen LogP contribution in [-0.2, 0) is 22.6 Å². The van der Waals surface area contributed by atoms with Gasteiger partial charge >= 0.3 is 0 Å². The molecule has 0 radical (unpaired) electrons. The molecule has 1 aromatic heterocycles. The molecule has 3 atom stereocenters. The number of imide groups is 1. The van der Waals surface area contributed by atoms with Crippen molar-refractivity contribution in [3.05, 3.63) is 155 Å². The summed E-state index contributed by atoms with van der Waals surface area (Å²) in [7, 11) is 0. The molecule has 3 heterocycles. The van der Waals surface area contributed by atoms with E-state index in [1.807, 2.05) is 91.0 Å². The molecule has 9 heteroatoms. The summed E-state index contributed by atoms with van der Waals surface area (Å²) < 4.78 is 15.3. The number of aliphatic hydroxyl groups is 1. The number of para-hydroxylation sites is 1. The maximum absolute atomic E-state index is 12.9. The van der Waals surface area contributed by atoms with Crippen molar-refractivity contribution in [2.24, 2.45) is 0 Å². The van der Waals surface area contributed by atoms with Crippen LogP contribution in [0.1, 0.15) is 61.8 Å². The Balaban J connectivity index is 0.995. The normalized spacial score (nSPS) is 19.0. The van der Waals surface area contributed by atoms with Crippen LogP contribution >= 0.6 is 23.1 Å². The minimum atomic E-state index is -0.563. The number of carbonyl (C=O) groups is 2. The van der Waals surface area contributed by atoms with Gasteiger partial charge in [-0.25, -0.2) is 4.98 Å². The van der Waals surface area contributed by atoms with Crippen molar-refractivity contribution >= 4 is 45.1 Å². The molecule has 0 spiro atoms. The minimum Gasteiger partial charge on any atom is -0.392 e. The number of aromatic nitrogens is 1. The quantitative estimate of drug-likeness (QED) is 0.121. The van der Waals surface area contributed by atoms with Crippen molar-refractivity contribution in [1.82, 2.24) is 9.88 Å². The average Bonchev–Trinajstić information content (AvgIpc) is 3.68. The molecule has 2 aliphatic heterocycles. The van der Waals surface area contributed by atoms with Gasteiger partial charge in [0.1, 0.15) is 0 Å². The first kappa shape index (κ1) is 31.6. The number of carbonyl (C=O) groups excluding carboxylic acids is 2. The predicted molar refractivity (Wildman–Crippen MR) is 191 cm³/mol. The van der Waals surface area contributed by atoms with Gasteiger partial charge < -0.3 is 14.6 Å². The molecule has 1 saturated heterocycles. The zero-order valence-electron chi connectivity index (χ0n) is 26.4. The molecular formula is C40H32N2O5S2. The number of ether oxygens (including phenoxy) is 2. The summed E-state index contributed by atoms with van der Waals surface area (Å²) >= 11 is 3.41. The van der Waals surface area contributed by atoms with Gasteiger partial charge in [0.15, 0.2) is 10.6 Å². The third-order valence-electron chi connectivity index (χ3n) is 8.94. The SMILES string of the molecule is O=C1c2ccccc2C(=O)N1Cc1cccc(-c2ccc([C@H]3O[C@@H](CSc4nc5ccccc5s4)C[C@@H](c4ccc(CO)cc4)O3)cc2)c1. The molecule has 0 aliphatic carbocycles. The van der Waals surface area contributed by atoms with Crippen molar-refractivity contribution in [2.75, 3.05) is 5.75 Å². The third-order valence-corrected chi connectivity index (χ3v) is 11.3. The zero-order valence-corrected chi connectivity index (χ0v) is 28.0. The van der Waals surface area contributed by atoms with Crippen LogP contribution in [0.5, 0.6) is 0 Å². The Morgan fingerprint density at radius 2 is 1.47 bits per heavy atom. The van der Waals surface area contributed by atoms with Crippen LogP contribution in [0, 0.1) is 0 Å². The standard InChI is InChI=1S/C40H32N2O5S2/c43-23-25-12-14-28(15-13-25)35-21-31(24-48-40-41-34-10-3-4-11-36(34)49-40)46-39(47-35)29-18-16-27(17-19-29)30-7-5-6-26(20-30)22-42-37(44)32-8-1-2-9-33(32)38(42)45/h1-20,31,35,39,43H,21-24H2/t31-,35+,39+/m1/s1. The molecule has 2 aliphatic rings. The molecule has 1 fully saturated rings. The van der Waals surface area contributed by atoms with Gasteiger partial charge in [-0.15, -0.1) is 11.3 Å². The van der Waals surface area contributed by atoms with Gasteiger partial charge in [0.2, 0.25) is 0 Å². The summed E-state index contributed by atoms with van der Waals surface area (Å²) in [5, 5.41) is 9.55. The van der Waals surface area contributed by atoms with Gasteiger partial charge in [0.25, 0.3) is 11.8 Å². The monoisotopic (exact) mass is 684 g/mol. The molecule has 5 aromatic carbocycles. The number of aliphatic hydroxyl groups excluding tert-OH is 1. The highest BCUT2D eigenvalue weighted by molar-refractivity contribution is 8.01. The lowest BCUT2D eigenvalue weighted by Crippen LogP contribution is -2.31. The van der Waals surface area contributed by atoms with E-state index in [1.165, 1.54) is 9.60 Å². The van der Waals surface area contributed by atoms with Crippen LogP contribution in [0.2, 0.25) is 0 Å². The zero-order chi connectivity index (χ0) is 33.3. The van der Waals surface area contributed by atoms with Crippen LogP contribution in [0.4, 0.5) is 0 Å². The molecule has 7 nitrogen and oxygen atoms in total. The van der Waals surface area contributed by atoms with Crippen molar-refractivity contribution in [3.63, 3.8) is 0 Å². The first-order valence-corrected chi connectivity index (χ1v) is 18.0. The molecule has 49 heavy (non-hydrogen) atoms. The van der Waals surface area contributed by atoms with E-state index < -0.39 is 6.29 Å². The molecule has 2 amide bonds.